The summed E-state index contributed by atoms with van der Waals surface area (Å²) in [4.78, 5) is 7.99. The number of hydrogen-bond acceptors (Lipinski definition) is 1. The molecule has 0 spiro atoms. The molecule has 0 aromatic carbocycles. The van der Waals surface area contributed by atoms with Crippen molar-refractivity contribution < 1.29 is 0 Å². The predicted octanol–water partition coefficient (Wildman–Crippen LogP) is 3.96. The summed E-state index contributed by atoms with van der Waals surface area (Å²) < 4.78 is 0. The average molecular weight is 228 g/mol. The van der Waals surface area contributed by atoms with Gasteiger partial charge in [-0.2, -0.15) is 0 Å². The summed E-state index contributed by atoms with van der Waals surface area (Å²) in [5, 5.41) is 0. The third kappa shape index (κ3) is 2.12. The number of aryl methyl sites for hydroxylation is 1. The van der Waals surface area contributed by atoms with Crippen LogP contribution in [-0.4, -0.2) is 10.7 Å². The molecular formula is C15H20N2. The number of nitrogens with zero attached hydrogens (tertiary/aromatic N) is 1. The molecule has 17 heavy (non-hydrogen) atoms. The number of allylic oxidation sites excluding steroid dienone is 2. The van der Waals surface area contributed by atoms with E-state index in [1.54, 1.807) is 0 Å². The number of aliphatic imine (C=N–C) groups is 1. The molecule has 0 aliphatic carbocycles. The first-order valence-electron chi connectivity index (χ1n) is 6.16. The summed E-state index contributed by atoms with van der Waals surface area (Å²) in [6.45, 7) is 10.7. The molecule has 2 heteroatoms. The number of nitrogens with one attached hydrogen (secondary N) is 1. The number of H-pyrrole nitrogens is 1. The second-order valence-corrected chi connectivity index (χ2v) is 4.73. The third-order valence-electron chi connectivity index (χ3n) is 3.39. The van der Waals surface area contributed by atoms with Crippen molar-refractivity contribution >= 4 is 11.8 Å². The molecule has 0 bridgehead atoms. The summed E-state index contributed by atoms with van der Waals surface area (Å²) in [5.74, 6) is 0. The van der Waals surface area contributed by atoms with Crippen LogP contribution in [-0.2, 0) is 6.42 Å². The summed E-state index contributed by atoms with van der Waals surface area (Å²) in [6, 6.07) is 0. The second kappa shape index (κ2) is 4.36. The van der Waals surface area contributed by atoms with Gasteiger partial charge in [0.25, 0.3) is 0 Å². The van der Waals surface area contributed by atoms with Gasteiger partial charge in [-0.1, -0.05) is 6.92 Å². The first-order chi connectivity index (χ1) is 8.02. The van der Waals surface area contributed by atoms with Gasteiger partial charge in [0.2, 0.25) is 0 Å². The van der Waals surface area contributed by atoms with Crippen LogP contribution in [0, 0.1) is 13.8 Å². The van der Waals surface area contributed by atoms with Crippen LogP contribution in [0.5, 0.6) is 0 Å². The van der Waals surface area contributed by atoms with Crippen LogP contribution in [0.15, 0.2) is 22.3 Å². The van der Waals surface area contributed by atoms with Crippen LogP contribution in [0.2, 0.25) is 0 Å². The zero-order valence-corrected chi connectivity index (χ0v) is 11.3. The van der Waals surface area contributed by atoms with Gasteiger partial charge in [0, 0.05) is 17.1 Å². The van der Waals surface area contributed by atoms with E-state index in [4.69, 9.17) is 0 Å². The molecule has 90 valence electrons. The highest BCUT2D eigenvalue weighted by atomic mass is 14.8. The van der Waals surface area contributed by atoms with Crippen molar-refractivity contribution in [1.29, 1.82) is 0 Å². The summed E-state index contributed by atoms with van der Waals surface area (Å²) in [6.07, 6.45) is 5.36. The Morgan fingerprint density at radius 3 is 2.41 bits per heavy atom. The monoisotopic (exact) mass is 228 g/mol. The average Bonchev–Trinajstić information content (AvgIpc) is 2.69. The van der Waals surface area contributed by atoms with Crippen molar-refractivity contribution in [2.45, 2.75) is 41.0 Å². The minimum absolute atomic E-state index is 1.08. The maximum atomic E-state index is 4.54. The minimum atomic E-state index is 1.08. The molecule has 0 amide bonds. The van der Waals surface area contributed by atoms with Gasteiger partial charge in [0.15, 0.2) is 0 Å². The summed E-state index contributed by atoms with van der Waals surface area (Å²) in [7, 11) is 0. The molecule has 1 N–H and O–H groups in total. The first kappa shape index (κ1) is 11.9. The van der Waals surface area contributed by atoms with Crippen molar-refractivity contribution in [2.24, 2.45) is 4.99 Å². The fourth-order valence-corrected chi connectivity index (χ4v) is 2.47. The van der Waals surface area contributed by atoms with Crippen molar-refractivity contribution in [3.63, 3.8) is 0 Å². The number of rotatable bonds is 2. The van der Waals surface area contributed by atoms with E-state index in [0.29, 0.717) is 0 Å². The van der Waals surface area contributed by atoms with Gasteiger partial charge >= 0.3 is 0 Å². The van der Waals surface area contributed by atoms with Crippen LogP contribution in [0.1, 0.15) is 43.3 Å². The van der Waals surface area contributed by atoms with E-state index in [1.165, 1.54) is 28.1 Å². The Morgan fingerprint density at radius 1 is 1.24 bits per heavy atom. The van der Waals surface area contributed by atoms with Gasteiger partial charge in [0.1, 0.15) is 0 Å². The van der Waals surface area contributed by atoms with Crippen LogP contribution in [0.4, 0.5) is 0 Å². The maximum Gasteiger partial charge on any atom is 0.0683 e. The molecule has 0 saturated carbocycles. The number of aromatic nitrogens is 1. The molecule has 0 radical (unpaired) electrons. The SMILES string of the molecule is CCc1c(C)[nH]c(/C=C2/N=C(C)C=C2C)c1C. The second-order valence-electron chi connectivity index (χ2n) is 4.73. The molecule has 1 aliphatic rings. The Hall–Kier alpha value is -1.57. The quantitative estimate of drug-likeness (QED) is 0.793. The Balaban J connectivity index is 2.44. The van der Waals surface area contributed by atoms with E-state index in [1.807, 2.05) is 6.92 Å². The molecule has 2 nitrogen and oxygen atoms in total. The van der Waals surface area contributed by atoms with Gasteiger partial charge in [-0.15, -0.1) is 0 Å². The van der Waals surface area contributed by atoms with E-state index < -0.39 is 0 Å². The lowest BCUT2D eigenvalue weighted by atomic mass is 10.1. The lowest BCUT2D eigenvalue weighted by Crippen LogP contribution is -1.84. The van der Waals surface area contributed by atoms with Crippen LogP contribution >= 0.6 is 0 Å². The van der Waals surface area contributed by atoms with Crippen molar-refractivity contribution in [1.82, 2.24) is 4.98 Å². The Labute approximate surface area is 103 Å². The standard InChI is InChI=1S/C15H20N2/c1-6-13-11(4)15(17-12(13)5)8-14-9(2)7-10(3)16-14/h7-8,17H,6H2,1-5H3/b14-8+. The van der Waals surface area contributed by atoms with E-state index in [2.05, 4.69) is 49.8 Å². The molecule has 0 atom stereocenters. The minimum Gasteiger partial charge on any atom is -0.359 e. The van der Waals surface area contributed by atoms with E-state index in [-0.39, 0.29) is 0 Å². The van der Waals surface area contributed by atoms with Crippen molar-refractivity contribution in [2.75, 3.05) is 0 Å². The number of hydrogen-bond donors (Lipinski definition) is 1. The smallest absolute Gasteiger partial charge is 0.0683 e. The molecule has 2 rings (SSSR count). The van der Waals surface area contributed by atoms with Crippen molar-refractivity contribution in [3.8, 4) is 0 Å². The summed E-state index contributed by atoms with van der Waals surface area (Å²) in [5.41, 5.74) is 8.66. The van der Waals surface area contributed by atoms with Crippen LogP contribution < -0.4 is 0 Å². The topological polar surface area (TPSA) is 28.1 Å². The highest BCUT2D eigenvalue weighted by Crippen LogP contribution is 2.25. The van der Waals surface area contributed by atoms with Crippen molar-refractivity contribution in [3.05, 3.63) is 39.9 Å². The van der Waals surface area contributed by atoms with Crippen LogP contribution in [0.3, 0.4) is 0 Å². The number of aromatic amines is 1. The highest BCUT2D eigenvalue weighted by Gasteiger charge is 2.11. The molecule has 1 aromatic heterocycles. The third-order valence-corrected chi connectivity index (χ3v) is 3.39. The molecular weight excluding hydrogens is 208 g/mol. The highest BCUT2D eigenvalue weighted by molar-refractivity contribution is 5.98. The normalized spacial score (nSPS) is 17.6. The van der Waals surface area contributed by atoms with E-state index in [0.717, 1.165) is 17.8 Å². The Morgan fingerprint density at radius 2 is 1.94 bits per heavy atom. The molecule has 1 aromatic rings. The fraction of sp³-hybridized carbons (Fsp3) is 0.400. The van der Waals surface area contributed by atoms with Gasteiger partial charge in [-0.05, 0) is 63.0 Å². The van der Waals surface area contributed by atoms with Gasteiger partial charge in [-0.25, -0.2) is 0 Å². The fourth-order valence-electron chi connectivity index (χ4n) is 2.47. The predicted molar refractivity (Wildman–Crippen MR) is 74.5 cm³/mol. The lowest BCUT2D eigenvalue weighted by molar-refractivity contribution is 1.08. The van der Waals surface area contributed by atoms with E-state index >= 15 is 0 Å². The van der Waals surface area contributed by atoms with Gasteiger partial charge in [-0.3, -0.25) is 4.99 Å². The maximum absolute atomic E-state index is 4.54. The molecule has 2 heterocycles. The first-order valence-corrected chi connectivity index (χ1v) is 6.16. The molecule has 1 aliphatic heterocycles. The lowest BCUT2D eigenvalue weighted by Gasteiger charge is -1.98. The van der Waals surface area contributed by atoms with E-state index in [9.17, 15) is 0 Å². The summed E-state index contributed by atoms with van der Waals surface area (Å²) >= 11 is 0. The Kier molecular flexibility index (Phi) is 3.05. The Bertz CT molecular complexity index is 540. The molecule has 0 fully saturated rings. The van der Waals surface area contributed by atoms with Crippen LogP contribution in [0.25, 0.3) is 6.08 Å². The zero-order valence-electron chi connectivity index (χ0n) is 11.3. The van der Waals surface area contributed by atoms with Gasteiger partial charge < -0.3 is 4.98 Å². The zero-order chi connectivity index (χ0) is 12.6. The largest absolute Gasteiger partial charge is 0.359 e. The molecule has 0 unspecified atom stereocenters. The molecule has 0 saturated heterocycles. The van der Waals surface area contributed by atoms with Gasteiger partial charge in [0.05, 0.1) is 5.70 Å².